The van der Waals surface area contributed by atoms with Crippen LogP contribution in [0.4, 0.5) is 0 Å². The van der Waals surface area contributed by atoms with Gasteiger partial charge in [0, 0.05) is 44.7 Å². The van der Waals surface area contributed by atoms with Crippen molar-refractivity contribution >= 4 is 11.8 Å². The maximum atomic E-state index is 12.7. The predicted octanol–water partition coefficient (Wildman–Crippen LogP) is 1.53. The van der Waals surface area contributed by atoms with Crippen LogP contribution >= 0.6 is 0 Å². The number of morpholine rings is 1. The van der Waals surface area contributed by atoms with Gasteiger partial charge in [-0.1, -0.05) is 18.2 Å². The van der Waals surface area contributed by atoms with E-state index >= 15 is 0 Å². The molecule has 0 saturated carbocycles. The van der Waals surface area contributed by atoms with Crippen LogP contribution in [-0.2, 0) is 20.9 Å². The standard InChI is InChI=1S/C22H28N4O4/c27-20-7-6-18(15-26(20)9-8-25-10-12-29-13-11-25)21(28)23-14-19-16-30-22(24-19)17-4-2-1-3-5-17/h1-5,16,18H,6-15H2,(H,23,28). The van der Waals surface area contributed by atoms with E-state index in [0.29, 0.717) is 44.1 Å². The zero-order valence-corrected chi connectivity index (χ0v) is 17.1. The molecule has 3 heterocycles. The molecular formula is C22H28N4O4. The number of nitrogens with one attached hydrogen (secondary N) is 1. The molecule has 2 aromatic rings. The Kier molecular flexibility index (Phi) is 6.76. The third kappa shape index (κ3) is 5.25. The van der Waals surface area contributed by atoms with Crippen molar-refractivity contribution in [3.63, 3.8) is 0 Å². The van der Waals surface area contributed by atoms with Gasteiger partial charge >= 0.3 is 0 Å². The Balaban J connectivity index is 1.26. The topological polar surface area (TPSA) is 87.9 Å². The Morgan fingerprint density at radius 2 is 1.97 bits per heavy atom. The molecule has 160 valence electrons. The molecule has 0 bridgehead atoms. The van der Waals surface area contributed by atoms with E-state index in [2.05, 4.69) is 15.2 Å². The molecule has 1 atom stereocenters. The molecule has 2 fully saturated rings. The molecule has 2 amide bonds. The first-order chi connectivity index (χ1) is 14.7. The highest BCUT2D eigenvalue weighted by Crippen LogP contribution is 2.20. The summed E-state index contributed by atoms with van der Waals surface area (Å²) >= 11 is 0. The number of oxazole rings is 1. The van der Waals surface area contributed by atoms with Crippen LogP contribution in [0.1, 0.15) is 18.5 Å². The molecule has 0 spiro atoms. The number of benzene rings is 1. The fraction of sp³-hybridized carbons (Fsp3) is 0.500. The van der Waals surface area contributed by atoms with Crippen LogP contribution in [0.15, 0.2) is 41.0 Å². The molecule has 8 nitrogen and oxygen atoms in total. The van der Waals surface area contributed by atoms with E-state index < -0.39 is 0 Å². The molecular weight excluding hydrogens is 384 g/mol. The maximum Gasteiger partial charge on any atom is 0.226 e. The van der Waals surface area contributed by atoms with Crippen molar-refractivity contribution in [2.75, 3.05) is 45.9 Å². The van der Waals surface area contributed by atoms with Crippen molar-refractivity contribution in [3.8, 4) is 11.5 Å². The lowest BCUT2D eigenvalue weighted by atomic mass is 9.96. The average molecular weight is 412 g/mol. The van der Waals surface area contributed by atoms with E-state index in [1.807, 2.05) is 35.2 Å². The average Bonchev–Trinajstić information content (AvgIpc) is 3.27. The highest BCUT2D eigenvalue weighted by molar-refractivity contribution is 5.83. The van der Waals surface area contributed by atoms with E-state index in [9.17, 15) is 9.59 Å². The molecule has 1 N–H and O–H groups in total. The molecule has 2 aliphatic rings. The van der Waals surface area contributed by atoms with E-state index in [1.54, 1.807) is 6.26 Å². The maximum absolute atomic E-state index is 12.7. The van der Waals surface area contributed by atoms with Gasteiger partial charge < -0.3 is 19.4 Å². The molecule has 0 radical (unpaired) electrons. The summed E-state index contributed by atoms with van der Waals surface area (Å²) in [5.41, 5.74) is 1.58. The van der Waals surface area contributed by atoms with Gasteiger partial charge in [0.25, 0.3) is 0 Å². The molecule has 0 aliphatic carbocycles. The lowest BCUT2D eigenvalue weighted by Crippen LogP contribution is -2.49. The Labute approximate surface area is 176 Å². The largest absolute Gasteiger partial charge is 0.444 e. The van der Waals surface area contributed by atoms with Crippen LogP contribution in [0.2, 0.25) is 0 Å². The van der Waals surface area contributed by atoms with Crippen molar-refractivity contribution in [1.29, 1.82) is 0 Å². The number of carbonyl (C=O) groups is 2. The van der Waals surface area contributed by atoms with Crippen LogP contribution in [0.5, 0.6) is 0 Å². The monoisotopic (exact) mass is 412 g/mol. The number of aromatic nitrogens is 1. The second kappa shape index (κ2) is 9.86. The summed E-state index contributed by atoms with van der Waals surface area (Å²) in [7, 11) is 0. The number of likely N-dealkylation sites (tertiary alicyclic amines) is 1. The zero-order chi connectivity index (χ0) is 20.8. The normalized spacial score (nSPS) is 20.3. The van der Waals surface area contributed by atoms with Gasteiger partial charge in [0.05, 0.1) is 31.4 Å². The minimum Gasteiger partial charge on any atom is -0.444 e. The SMILES string of the molecule is O=C(NCc1coc(-c2ccccc2)n1)C1CCC(=O)N(CCN2CCOCC2)C1. The molecule has 8 heteroatoms. The van der Waals surface area contributed by atoms with Crippen LogP contribution in [-0.4, -0.2) is 72.5 Å². The molecule has 4 rings (SSSR count). The number of hydrogen-bond donors (Lipinski definition) is 1. The summed E-state index contributed by atoms with van der Waals surface area (Å²) in [6.07, 6.45) is 2.58. The van der Waals surface area contributed by atoms with Gasteiger partial charge in [-0.25, -0.2) is 4.98 Å². The van der Waals surface area contributed by atoms with Crippen molar-refractivity contribution in [1.82, 2.24) is 20.1 Å². The molecule has 2 aliphatic heterocycles. The number of hydrogen-bond acceptors (Lipinski definition) is 6. The number of carbonyl (C=O) groups excluding carboxylic acids is 2. The number of rotatable bonds is 7. The third-order valence-corrected chi connectivity index (χ3v) is 5.68. The van der Waals surface area contributed by atoms with Gasteiger partial charge in [0.2, 0.25) is 17.7 Å². The lowest BCUT2D eigenvalue weighted by Gasteiger charge is -2.34. The second-order valence-electron chi connectivity index (χ2n) is 7.76. The molecule has 1 aromatic heterocycles. The quantitative estimate of drug-likeness (QED) is 0.742. The van der Waals surface area contributed by atoms with Crippen molar-refractivity contribution < 1.29 is 18.7 Å². The Morgan fingerprint density at radius 3 is 2.77 bits per heavy atom. The number of ether oxygens (including phenoxy) is 1. The summed E-state index contributed by atoms with van der Waals surface area (Å²) in [6.45, 7) is 5.55. The lowest BCUT2D eigenvalue weighted by molar-refractivity contribution is -0.138. The highest BCUT2D eigenvalue weighted by atomic mass is 16.5. The van der Waals surface area contributed by atoms with Crippen LogP contribution in [0.25, 0.3) is 11.5 Å². The highest BCUT2D eigenvalue weighted by Gasteiger charge is 2.30. The molecule has 1 aromatic carbocycles. The number of piperidine rings is 1. The van der Waals surface area contributed by atoms with Gasteiger partial charge in [-0.3, -0.25) is 14.5 Å². The van der Waals surface area contributed by atoms with Crippen LogP contribution in [0.3, 0.4) is 0 Å². The fourth-order valence-corrected chi connectivity index (χ4v) is 3.86. The Bertz CT molecular complexity index is 848. The van der Waals surface area contributed by atoms with Gasteiger partial charge in [0.15, 0.2) is 0 Å². The summed E-state index contributed by atoms with van der Waals surface area (Å²) in [6, 6.07) is 9.65. The first-order valence-corrected chi connectivity index (χ1v) is 10.5. The van der Waals surface area contributed by atoms with Crippen molar-refractivity contribution in [2.24, 2.45) is 5.92 Å². The van der Waals surface area contributed by atoms with Gasteiger partial charge in [-0.2, -0.15) is 0 Å². The summed E-state index contributed by atoms with van der Waals surface area (Å²) in [5.74, 6) is 0.449. The minimum atomic E-state index is -0.187. The Morgan fingerprint density at radius 1 is 1.17 bits per heavy atom. The van der Waals surface area contributed by atoms with Crippen molar-refractivity contribution in [3.05, 3.63) is 42.3 Å². The van der Waals surface area contributed by atoms with Crippen molar-refractivity contribution in [2.45, 2.75) is 19.4 Å². The van der Waals surface area contributed by atoms with Crippen LogP contribution in [0, 0.1) is 5.92 Å². The first-order valence-electron chi connectivity index (χ1n) is 10.5. The van der Waals surface area contributed by atoms with Gasteiger partial charge in [-0.05, 0) is 18.6 Å². The minimum absolute atomic E-state index is 0.0388. The number of nitrogens with zero attached hydrogens (tertiary/aromatic N) is 3. The van der Waals surface area contributed by atoms with Gasteiger partial charge in [0.1, 0.15) is 6.26 Å². The molecule has 2 saturated heterocycles. The second-order valence-corrected chi connectivity index (χ2v) is 7.76. The first kappa shape index (κ1) is 20.6. The summed E-state index contributed by atoms with van der Waals surface area (Å²) in [5, 5.41) is 2.95. The molecule has 1 unspecified atom stereocenters. The smallest absolute Gasteiger partial charge is 0.226 e. The number of amides is 2. The van der Waals surface area contributed by atoms with E-state index in [0.717, 1.165) is 38.4 Å². The van der Waals surface area contributed by atoms with E-state index in [4.69, 9.17) is 9.15 Å². The third-order valence-electron chi connectivity index (χ3n) is 5.68. The van der Waals surface area contributed by atoms with E-state index in [-0.39, 0.29) is 17.7 Å². The Hall–Kier alpha value is -2.71. The zero-order valence-electron chi connectivity index (χ0n) is 17.1. The molecule has 30 heavy (non-hydrogen) atoms. The van der Waals surface area contributed by atoms with Gasteiger partial charge in [-0.15, -0.1) is 0 Å². The predicted molar refractivity (Wildman–Crippen MR) is 110 cm³/mol. The fourth-order valence-electron chi connectivity index (χ4n) is 3.86. The van der Waals surface area contributed by atoms with E-state index in [1.165, 1.54) is 0 Å². The summed E-state index contributed by atoms with van der Waals surface area (Å²) < 4.78 is 10.9. The summed E-state index contributed by atoms with van der Waals surface area (Å²) in [4.78, 5) is 33.5. The van der Waals surface area contributed by atoms with Crippen LogP contribution < -0.4 is 5.32 Å².